The van der Waals surface area contributed by atoms with E-state index in [0.717, 1.165) is 16.5 Å². The lowest BCUT2D eigenvalue weighted by Crippen LogP contribution is -2.04. The van der Waals surface area contributed by atoms with Gasteiger partial charge in [0, 0.05) is 21.6 Å². The molecule has 0 radical (unpaired) electrons. The van der Waals surface area contributed by atoms with Crippen molar-refractivity contribution in [3.63, 3.8) is 0 Å². The van der Waals surface area contributed by atoms with Crippen molar-refractivity contribution in [3.05, 3.63) is 65.0 Å². The molecule has 0 aliphatic carbocycles. The molecule has 0 aliphatic rings. The highest BCUT2D eigenvalue weighted by Crippen LogP contribution is 2.42. The third kappa shape index (κ3) is 3.35. The Balaban J connectivity index is 1.86. The van der Waals surface area contributed by atoms with E-state index in [9.17, 15) is 9.50 Å². The number of aliphatic hydroxyl groups is 1. The van der Waals surface area contributed by atoms with Crippen LogP contribution in [0.2, 0.25) is 5.02 Å². The highest BCUT2D eigenvalue weighted by atomic mass is 35.5. The summed E-state index contributed by atoms with van der Waals surface area (Å²) in [6, 6.07) is 6.07. The summed E-state index contributed by atoms with van der Waals surface area (Å²) in [4.78, 5) is 4.37. The number of rotatable bonds is 5. The highest BCUT2D eigenvalue weighted by molar-refractivity contribution is 7.19. The molecule has 0 bridgehead atoms. The smallest absolute Gasteiger partial charge is 0.171 e. The van der Waals surface area contributed by atoms with Crippen molar-refractivity contribution >= 4 is 22.9 Å². The molecule has 4 aromatic rings. The Morgan fingerprint density at radius 3 is 2.75 bits per heavy atom. The van der Waals surface area contributed by atoms with E-state index < -0.39 is 11.9 Å². The van der Waals surface area contributed by atoms with Crippen LogP contribution < -0.4 is 4.74 Å². The van der Waals surface area contributed by atoms with Crippen LogP contribution in [0.5, 0.6) is 5.75 Å². The topological polar surface area (TPSA) is 96.8 Å². The van der Waals surface area contributed by atoms with Crippen LogP contribution in [0.4, 0.5) is 4.39 Å². The maximum Gasteiger partial charge on any atom is 0.171 e. The van der Waals surface area contributed by atoms with Crippen molar-refractivity contribution in [2.45, 2.75) is 6.10 Å². The molecule has 0 saturated carbocycles. The van der Waals surface area contributed by atoms with Crippen molar-refractivity contribution in [3.8, 4) is 26.9 Å². The van der Waals surface area contributed by atoms with E-state index in [-0.39, 0.29) is 16.3 Å². The van der Waals surface area contributed by atoms with Crippen molar-refractivity contribution in [2.75, 3.05) is 7.11 Å². The number of H-pyrrole nitrogens is 1. The molecule has 7 nitrogen and oxygen atoms in total. The molecule has 0 amide bonds. The Labute approximate surface area is 167 Å². The zero-order chi connectivity index (χ0) is 19.7. The minimum atomic E-state index is -1.27. The van der Waals surface area contributed by atoms with Gasteiger partial charge >= 0.3 is 0 Å². The number of nitrogens with one attached hydrogen (secondary N) is 1. The molecule has 0 saturated heterocycles. The van der Waals surface area contributed by atoms with Gasteiger partial charge in [-0.1, -0.05) is 11.6 Å². The van der Waals surface area contributed by atoms with E-state index in [4.69, 9.17) is 16.3 Å². The van der Waals surface area contributed by atoms with Crippen molar-refractivity contribution in [2.24, 2.45) is 0 Å². The molecule has 4 rings (SSSR count). The average molecular weight is 418 g/mol. The number of methoxy groups -OCH3 is 1. The molecule has 3 heterocycles. The third-order valence-corrected chi connectivity index (χ3v) is 5.62. The zero-order valence-electron chi connectivity index (χ0n) is 14.4. The Kier molecular flexibility index (Phi) is 5.03. The van der Waals surface area contributed by atoms with Gasteiger partial charge in [-0.15, -0.1) is 21.5 Å². The lowest BCUT2D eigenvalue weighted by Gasteiger charge is -2.14. The fourth-order valence-electron chi connectivity index (χ4n) is 2.77. The summed E-state index contributed by atoms with van der Waals surface area (Å²) >= 11 is 7.34. The van der Waals surface area contributed by atoms with Gasteiger partial charge in [0.25, 0.3) is 0 Å². The summed E-state index contributed by atoms with van der Waals surface area (Å²) in [6.45, 7) is 0. The number of hydrogen-bond acceptors (Lipinski definition) is 7. The first-order valence-electron chi connectivity index (χ1n) is 8.06. The Bertz CT molecular complexity index is 1100. The van der Waals surface area contributed by atoms with Gasteiger partial charge in [0.1, 0.15) is 24.0 Å². The van der Waals surface area contributed by atoms with E-state index in [1.807, 2.05) is 0 Å². The summed E-state index contributed by atoms with van der Waals surface area (Å²) in [5, 5.41) is 26.6. The molecule has 10 heteroatoms. The van der Waals surface area contributed by atoms with Gasteiger partial charge in [-0.25, -0.2) is 4.39 Å². The van der Waals surface area contributed by atoms with Gasteiger partial charge in [-0.3, -0.25) is 0 Å². The summed E-state index contributed by atoms with van der Waals surface area (Å²) in [5.74, 6) is 0.0981. The van der Waals surface area contributed by atoms with Crippen molar-refractivity contribution in [1.29, 1.82) is 0 Å². The molecule has 0 fully saturated rings. The van der Waals surface area contributed by atoms with E-state index in [1.54, 1.807) is 24.5 Å². The van der Waals surface area contributed by atoms with Gasteiger partial charge in [0.05, 0.1) is 29.4 Å². The minimum Gasteiger partial charge on any atom is -0.495 e. The highest BCUT2D eigenvalue weighted by Gasteiger charge is 2.25. The van der Waals surface area contributed by atoms with Crippen LogP contribution >= 0.6 is 22.9 Å². The van der Waals surface area contributed by atoms with Crippen LogP contribution in [0.25, 0.3) is 21.1 Å². The number of nitrogens with zero attached hydrogens (tertiary/aromatic N) is 4. The molecule has 28 heavy (non-hydrogen) atoms. The normalized spacial score (nSPS) is 12.1. The molecular weight excluding hydrogens is 405 g/mol. The molecular formula is C18H13ClFN5O2S. The van der Waals surface area contributed by atoms with Crippen LogP contribution in [0.3, 0.4) is 0 Å². The zero-order valence-corrected chi connectivity index (χ0v) is 16.0. The van der Waals surface area contributed by atoms with Gasteiger partial charge < -0.3 is 14.8 Å². The summed E-state index contributed by atoms with van der Waals surface area (Å²) in [5.41, 5.74) is 1.32. The van der Waals surface area contributed by atoms with Gasteiger partial charge in [0.2, 0.25) is 0 Å². The second-order valence-electron chi connectivity index (χ2n) is 5.77. The number of thiophene rings is 1. The summed E-state index contributed by atoms with van der Waals surface area (Å²) < 4.78 is 19.7. The van der Waals surface area contributed by atoms with E-state index >= 15 is 0 Å². The SMILES string of the molecule is COc1cc(C(O)c2cc(-c3ccnnc3)sc2-c2nnc[nH]2)c(F)cc1Cl. The van der Waals surface area contributed by atoms with Crippen molar-refractivity contribution < 1.29 is 14.2 Å². The Morgan fingerprint density at radius 1 is 1.21 bits per heavy atom. The fraction of sp³-hybridized carbons (Fsp3) is 0.111. The standard InChI is InChI=1S/C18H13ClFN5O2S/c1-27-14-4-10(13(20)6-12(14)19)16(26)11-5-15(9-2-3-22-23-7-9)28-17(11)18-21-8-24-25-18/h2-8,16,26H,1H3,(H,21,24,25). The second-order valence-corrected chi connectivity index (χ2v) is 7.23. The second kappa shape index (κ2) is 7.63. The number of ether oxygens (including phenoxy) is 1. The molecule has 3 aromatic heterocycles. The number of aromatic nitrogens is 5. The Hall–Kier alpha value is -2.88. The minimum absolute atomic E-state index is 0.0409. The number of aromatic amines is 1. The van der Waals surface area contributed by atoms with Gasteiger partial charge in [-0.05, 0) is 24.3 Å². The molecule has 2 N–H and O–H groups in total. The maximum atomic E-state index is 14.6. The average Bonchev–Trinajstić information content (AvgIpc) is 3.38. The van der Waals surface area contributed by atoms with Crippen LogP contribution in [-0.2, 0) is 0 Å². The van der Waals surface area contributed by atoms with Gasteiger partial charge in [-0.2, -0.15) is 10.2 Å². The van der Waals surface area contributed by atoms with Crippen LogP contribution in [-0.4, -0.2) is 37.6 Å². The van der Waals surface area contributed by atoms with Gasteiger partial charge in [0.15, 0.2) is 5.82 Å². The number of aliphatic hydroxyl groups excluding tert-OH is 1. The molecule has 142 valence electrons. The summed E-state index contributed by atoms with van der Waals surface area (Å²) in [6.07, 6.45) is 3.34. The van der Waals surface area contributed by atoms with E-state index in [1.165, 1.54) is 30.8 Å². The number of benzene rings is 1. The predicted molar refractivity (Wildman–Crippen MR) is 103 cm³/mol. The van der Waals surface area contributed by atoms with Crippen LogP contribution in [0.15, 0.2) is 43.0 Å². The van der Waals surface area contributed by atoms with Crippen LogP contribution in [0.1, 0.15) is 17.2 Å². The molecule has 1 atom stereocenters. The quantitative estimate of drug-likeness (QED) is 0.511. The lowest BCUT2D eigenvalue weighted by atomic mass is 10.00. The van der Waals surface area contributed by atoms with E-state index in [0.29, 0.717) is 16.3 Å². The first-order chi connectivity index (χ1) is 13.6. The molecule has 1 unspecified atom stereocenters. The Morgan fingerprint density at radius 2 is 2.07 bits per heavy atom. The largest absolute Gasteiger partial charge is 0.495 e. The first kappa shape index (κ1) is 18.5. The molecule has 1 aromatic carbocycles. The van der Waals surface area contributed by atoms with Crippen LogP contribution in [0, 0.1) is 5.82 Å². The first-order valence-corrected chi connectivity index (χ1v) is 9.26. The maximum absolute atomic E-state index is 14.6. The fourth-order valence-corrected chi connectivity index (χ4v) is 4.12. The van der Waals surface area contributed by atoms with E-state index in [2.05, 4.69) is 25.4 Å². The monoisotopic (exact) mass is 417 g/mol. The summed E-state index contributed by atoms with van der Waals surface area (Å²) in [7, 11) is 1.42. The lowest BCUT2D eigenvalue weighted by molar-refractivity contribution is 0.215. The molecule has 0 spiro atoms. The number of hydrogen-bond donors (Lipinski definition) is 2. The third-order valence-electron chi connectivity index (χ3n) is 4.12. The molecule has 0 aliphatic heterocycles. The van der Waals surface area contributed by atoms with Crippen molar-refractivity contribution in [1.82, 2.24) is 25.4 Å². The predicted octanol–water partition coefficient (Wildman–Crippen LogP) is 3.87. The number of halogens is 2.